The molecule has 2 aromatic heterocycles. The zero-order chi connectivity index (χ0) is 18.9. The number of imidazole rings is 1. The Morgan fingerprint density at radius 1 is 1.19 bits per heavy atom. The number of nitrogens with one attached hydrogen (secondary N) is 1. The van der Waals surface area contributed by atoms with E-state index in [1.165, 1.54) is 0 Å². The molecule has 4 rings (SSSR count). The predicted molar refractivity (Wildman–Crippen MR) is 106 cm³/mol. The molecule has 2 heterocycles. The number of rotatable bonds is 4. The van der Waals surface area contributed by atoms with Crippen molar-refractivity contribution in [2.75, 3.05) is 6.61 Å². The highest BCUT2D eigenvalue weighted by atomic mass is 35.5. The fourth-order valence-electron chi connectivity index (χ4n) is 3.89. The van der Waals surface area contributed by atoms with Crippen molar-refractivity contribution >= 4 is 23.0 Å². The molecule has 3 aromatic rings. The highest BCUT2D eigenvalue weighted by Gasteiger charge is 2.34. The van der Waals surface area contributed by atoms with E-state index < -0.39 is 5.54 Å². The summed E-state index contributed by atoms with van der Waals surface area (Å²) >= 11 is 6.14. The third kappa shape index (κ3) is 3.45. The number of nitrogens with zero attached hydrogens (tertiary/aromatic N) is 2. The number of hydrogen-bond donors (Lipinski definition) is 2. The van der Waals surface area contributed by atoms with Crippen molar-refractivity contribution in [2.24, 2.45) is 0 Å². The minimum atomic E-state index is -0.549. The van der Waals surface area contributed by atoms with Gasteiger partial charge in [0.05, 0.1) is 23.4 Å². The van der Waals surface area contributed by atoms with Gasteiger partial charge in [-0.2, -0.15) is 0 Å². The second-order valence-electron chi connectivity index (χ2n) is 7.20. The molecule has 27 heavy (non-hydrogen) atoms. The van der Waals surface area contributed by atoms with Gasteiger partial charge in [-0.1, -0.05) is 49.1 Å². The summed E-state index contributed by atoms with van der Waals surface area (Å²) in [6.45, 7) is -0.0524. The van der Waals surface area contributed by atoms with Crippen LogP contribution in [0, 0.1) is 0 Å². The third-order valence-corrected chi connectivity index (χ3v) is 5.58. The maximum atomic E-state index is 13.1. The zero-order valence-electron chi connectivity index (χ0n) is 15.0. The van der Waals surface area contributed by atoms with Crippen molar-refractivity contribution in [3.8, 4) is 11.3 Å². The molecule has 0 atom stereocenters. The molecule has 1 saturated carbocycles. The number of hydrogen-bond acceptors (Lipinski definition) is 3. The van der Waals surface area contributed by atoms with Gasteiger partial charge in [-0.3, -0.25) is 9.20 Å². The lowest BCUT2D eigenvalue weighted by molar-refractivity contribution is 0.0748. The lowest BCUT2D eigenvalue weighted by atomic mass is 9.82. The summed E-state index contributed by atoms with van der Waals surface area (Å²) in [5.74, 6) is 0.0550. The first-order valence-corrected chi connectivity index (χ1v) is 9.66. The van der Waals surface area contributed by atoms with Crippen LogP contribution in [0.5, 0.6) is 0 Å². The SMILES string of the molecule is O=C(NC1(CO)CCCCC1)c1nc(-c2cccc(Cl)c2)c2ccccn12. The van der Waals surface area contributed by atoms with Crippen molar-refractivity contribution in [3.63, 3.8) is 0 Å². The number of carbonyl (C=O) groups excluding carboxylic acids is 1. The van der Waals surface area contributed by atoms with Crippen LogP contribution in [0.4, 0.5) is 0 Å². The van der Waals surface area contributed by atoms with Gasteiger partial charge in [0.25, 0.3) is 5.91 Å². The molecule has 0 bridgehead atoms. The van der Waals surface area contributed by atoms with E-state index in [2.05, 4.69) is 10.3 Å². The van der Waals surface area contributed by atoms with Gasteiger partial charge in [0.2, 0.25) is 5.82 Å². The first kappa shape index (κ1) is 18.0. The minimum absolute atomic E-state index is 0.0524. The Kier molecular flexibility index (Phi) is 4.89. The van der Waals surface area contributed by atoms with Gasteiger partial charge in [0.15, 0.2) is 0 Å². The standard InChI is InChI=1S/C21H22ClN3O2/c22-16-8-6-7-15(13-16)18-17-9-2-5-12-25(17)19(23-18)20(27)24-21(14-26)10-3-1-4-11-21/h2,5-9,12-13,26H,1,3-4,10-11,14H2,(H,24,27). The van der Waals surface area contributed by atoms with Gasteiger partial charge in [0, 0.05) is 16.8 Å². The Labute approximate surface area is 163 Å². The summed E-state index contributed by atoms with van der Waals surface area (Å²) in [5.41, 5.74) is 1.86. The average molecular weight is 384 g/mol. The maximum absolute atomic E-state index is 13.1. The van der Waals surface area contributed by atoms with Crippen LogP contribution in [-0.2, 0) is 0 Å². The van der Waals surface area contributed by atoms with E-state index in [0.717, 1.165) is 43.2 Å². The van der Waals surface area contributed by atoms with Crippen LogP contribution < -0.4 is 5.32 Å². The van der Waals surface area contributed by atoms with Crippen LogP contribution in [-0.4, -0.2) is 32.5 Å². The summed E-state index contributed by atoms with van der Waals surface area (Å²) in [6, 6.07) is 13.2. The zero-order valence-corrected chi connectivity index (χ0v) is 15.7. The van der Waals surface area contributed by atoms with Gasteiger partial charge in [-0.15, -0.1) is 0 Å². The van der Waals surface area contributed by atoms with Crippen molar-refractivity contribution in [2.45, 2.75) is 37.6 Å². The van der Waals surface area contributed by atoms with E-state index in [-0.39, 0.29) is 12.5 Å². The number of carbonyl (C=O) groups is 1. The van der Waals surface area contributed by atoms with E-state index in [1.54, 1.807) is 4.40 Å². The highest BCUT2D eigenvalue weighted by Crippen LogP contribution is 2.30. The summed E-state index contributed by atoms with van der Waals surface area (Å²) in [6.07, 6.45) is 6.58. The Hall–Kier alpha value is -2.37. The molecule has 6 heteroatoms. The number of aliphatic hydroxyl groups is 1. The normalized spacial score (nSPS) is 16.4. The lowest BCUT2D eigenvalue weighted by Gasteiger charge is -2.36. The topological polar surface area (TPSA) is 66.6 Å². The summed E-state index contributed by atoms with van der Waals surface area (Å²) in [7, 11) is 0. The van der Waals surface area contributed by atoms with Crippen molar-refractivity contribution in [1.82, 2.24) is 14.7 Å². The summed E-state index contributed by atoms with van der Waals surface area (Å²) in [4.78, 5) is 17.7. The van der Waals surface area contributed by atoms with Crippen LogP contribution in [0.1, 0.15) is 42.7 Å². The fraction of sp³-hybridized carbons (Fsp3) is 0.333. The molecule has 0 spiro atoms. The summed E-state index contributed by atoms with van der Waals surface area (Å²) < 4.78 is 1.79. The van der Waals surface area contributed by atoms with Crippen molar-refractivity contribution in [3.05, 3.63) is 59.5 Å². The lowest BCUT2D eigenvalue weighted by Crippen LogP contribution is -2.52. The maximum Gasteiger partial charge on any atom is 0.288 e. The molecule has 0 saturated heterocycles. The van der Waals surface area contributed by atoms with Gasteiger partial charge in [-0.05, 0) is 37.1 Å². The van der Waals surface area contributed by atoms with E-state index in [1.807, 2.05) is 48.7 Å². The quantitative estimate of drug-likeness (QED) is 0.713. The monoisotopic (exact) mass is 383 g/mol. The Bertz CT molecular complexity index is 976. The molecular weight excluding hydrogens is 362 g/mol. The largest absolute Gasteiger partial charge is 0.394 e. The second-order valence-corrected chi connectivity index (χ2v) is 7.64. The van der Waals surface area contributed by atoms with Gasteiger partial charge in [0.1, 0.15) is 0 Å². The smallest absolute Gasteiger partial charge is 0.288 e. The molecule has 1 aliphatic rings. The summed E-state index contributed by atoms with van der Waals surface area (Å²) in [5, 5.41) is 13.6. The molecule has 140 valence electrons. The number of halogens is 1. The molecule has 1 aliphatic carbocycles. The minimum Gasteiger partial charge on any atom is -0.394 e. The second kappa shape index (κ2) is 7.33. The van der Waals surface area contributed by atoms with Crippen LogP contribution in [0.2, 0.25) is 5.02 Å². The van der Waals surface area contributed by atoms with Gasteiger partial charge in [-0.25, -0.2) is 4.98 Å². The van der Waals surface area contributed by atoms with Crippen LogP contribution in [0.15, 0.2) is 48.7 Å². The Balaban J connectivity index is 1.75. The highest BCUT2D eigenvalue weighted by molar-refractivity contribution is 6.30. The molecular formula is C21H22ClN3O2. The van der Waals surface area contributed by atoms with Gasteiger partial charge < -0.3 is 10.4 Å². The number of amides is 1. The number of benzene rings is 1. The number of fused-ring (bicyclic) bond motifs is 1. The average Bonchev–Trinajstić information content (AvgIpc) is 3.09. The first-order chi connectivity index (χ1) is 13.1. The van der Waals surface area contributed by atoms with Crippen LogP contribution in [0.25, 0.3) is 16.8 Å². The van der Waals surface area contributed by atoms with Gasteiger partial charge >= 0.3 is 0 Å². The molecule has 1 fully saturated rings. The number of aliphatic hydroxyl groups excluding tert-OH is 1. The van der Waals surface area contributed by atoms with Crippen molar-refractivity contribution < 1.29 is 9.90 Å². The molecule has 5 nitrogen and oxygen atoms in total. The number of pyridine rings is 1. The molecule has 1 aromatic carbocycles. The molecule has 0 aliphatic heterocycles. The first-order valence-electron chi connectivity index (χ1n) is 9.28. The number of aromatic nitrogens is 2. The van der Waals surface area contributed by atoms with E-state index in [4.69, 9.17) is 11.6 Å². The fourth-order valence-corrected chi connectivity index (χ4v) is 4.08. The predicted octanol–water partition coefficient (Wildman–Crippen LogP) is 4.08. The van der Waals surface area contributed by atoms with Crippen LogP contribution >= 0.6 is 11.6 Å². The molecule has 1 amide bonds. The van der Waals surface area contributed by atoms with E-state index >= 15 is 0 Å². The van der Waals surface area contributed by atoms with Crippen molar-refractivity contribution in [1.29, 1.82) is 0 Å². The van der Waals surface area contributed by atoms with Crippen LogP contribution in [0.3, 0.4) is 0 Å². The Morgan fingerprint density at radius 3 is 2.74 bits per heavy atom. The Morgan fingerprint density at radius 2 is 2.00 bits per heavy atom. The molecule has 0 radical (unpaired) electrons. The molecule has 0 unspecified atom stereocenters. The molecule has 2 N–H and O–H groups in total. The van der Waals surface area contributed by atoms with E-state index in [9.17, 15) is 9.90 Å². The third-order valence-electron chi connectivity index (χ3n) is 5.34. The van der Waals surface area contributed by atoms with E-state index in [0.29, 0.717) is 16.5 Å².